The molecule has 0 bridgehead atoms. The van der Waals surface area contributed by atoms with Gasteiger partial charge in [-0.3, -0.25) is 13.9 Å². The van der Waals surface area contributed by atoms with Gasteiger partial charge >= 0.3 is 0 Å². The molecule has 0 radical (unpaired) electrons. The summed E-state index contributed by atoms with van der Waals surface area (Å²) in [6, 6.07) is 6.81. The predicted molar refractivity (Wildman–Crippen MR) is 133 cm³/mol. The van der Waals surface area contributed by atoms with E-state index in [0.717, 1.165) is 28.8 Å². The molecular weight excluding hydrogens is 523 g/mol. The summed E-state index contributed by atoms with van der Waals surface area (Å²) >= 11 is 12.2. The van der Waals surface area contributed by atoms with Crippen LogP contribution in [0.5, 0.6) is 0 Å². The molecule has 0 aliphatic carbocycles. The molecule has 192 valence electrons. The van der Waals surface area contributed by atoms with Crippen LogP contribution in [-0.4, -0.2) is 51.0 Å². The van der Waals surface area contributed by atoms with Crippen molar-refractivity contribution >= 4 is 50.7 Å². The Kier molecular flexibility index (Phi) is 10.3. The van der Waals surface area contributed by atoms with Crippen molar-refractivity contribution in [2.24, 2.45) is 0 Å². The number of hydrogen-bond acceptors (Lipinski definition) is 4. The van der Waals surface area contributed by atoms with Crippen LogP contribution in [0, 0.1) is 11.6 Å². The van der Waals surface area contributed by atoms with Crippen molar-refractivity contribution < 1.29 is 26.8 Å². The third-order valence-corrected chi connectivity index (χ3v) is 7.11. The molecule has 35 heavy (non-hydrogen) atoms. The Morgan fingerprint density at radius 1 is 1.09 bits per heavy atom. The number of carbonyl (C=O) groups excluding carboxylic acids is 2. The van der Waals surface area contributed by atoms with Crippen LogP contribution in [0.1, 0.15) is 31.7 Å². The van der Waals surface area contributed by atoms with Crippen LogP contribution in [0.3, 0.4) is 0 Å². The SMILES string of the molecule is CCC(C(=O)NC)N(Cc1ccc(Cl)cc1Cl)C(=O)CCCN(c1ccc(F)c(F)c1)S(C)(=O)=O. The maximum absolute atomic E-state index is 13.7. The van der Waals surface area contributed by atoms with Gasteiger partial charge in [-0.2, -0.15) is 0 Å². The maximum Gasteiger partial charge on any atom is 0.242 e. The van der Waals surface area contributed by atoms with Gasteiger partial charge in [0.05, 0.1) is 11.9 Å². The molecule has 12 heteroatoms. The fraction of sp³-hybridized carbons (Fsp3) is 0.391. The highest BCUT2D eigenvalue weighted by Gasteiger charge is 2.29. The smallest absolute Gasteiger partial charge is 0.242 e. The number of anilines is 1. The van der Waals surface area contributed by atoms with Crippen LogP contribution < -0.4 is 9.62 Å². The second kappa shape index (κ2) is 12.5. The molecular formula is C23H27Cl2F2N3O4S. The first kappa shape index (κ1) is 28.8. The molecule has 0 heterocycles. The molecule has 2 aromatic rings. The van der Waals surface area contributed by atoms with E-state index < -0.39 is 33.6 Å². The fourth-order valence-corrected chi connectivity index (χ4v) is 4.99. The summed E-state index contributed by atoms with van der Waals surface area (Å²) in [6.45, 7) is 1.65. The number of amides is 2. The van der Waals surface area contributed by atoms with Gasteiger partial charge in [0.25, 0.3) is 0 Å². The van der Waals surface area contributed by atoms with E-state index in [9.17, 15) is 26.8 Å². The Morgan fingerprint density at radius 2 is 1.77 bits per heavy atom. The zero-order chi connectivity index (χ0) is 26.3. The highest BCUT2D eigenvalue weighted by Crippen LogP contribution is 2.25. The number of sulfonamides is 1. The summed E-state index contributed by atoms with van der Waals surface area (Å²) in [5, 5.41) is 3.31. The number of likely N-dealkylation sites (N-methyl/N-ethyl adjacent to an activating group) is 1. The Balaban J connectivity index is 2.24. The van der Waals surface area contributed by atoms with E-state index in [1.165, 1.54) is 18.0 Å². The monoisotopic (exact) mass is 549 g/mol. The number of nitrogens with zero attached hydrogens (tertiary/aromatic N) is 2. The van der Waals surface area contributed by atoms with Crippen molar-refractivity contribution in [1.29, 1.82) is 0 Å². The number of halogens is 4. The summed E-state index contributed by atoms with van der Waals surface area (Å²) in [7, 11) is -2.37. The van der Waals surface area contributed by atoms with Crippen molar-refractivity contribution in [3.63, 3.8) is 0 Å². The van der Waals surface area contributed by atoms with E-state index in [1.807, 2.05) is 0 Å². The van der Waals surface area contributed by atoms with Crippen molar-refractivity contribution in [3.05, 3.63) is 63.6 Å². The Labute approximate surface area is 214 Å². The molecule has 2 amide bonds. The number of nitrogens with one attached hydrogen (secondary N) is 1. The Bertz CT molecular complexity index is 1180. The molecule has 0 saturated heterocycles. The standard InChI is InChI=1S/C23H27Cl2F2N3O4S/c1-4-21(23(32)28-2)29(14-15-7-8-16(24)12-18(15)25)22(31)6-5-11-30(35(3,33)34)17-9-10-19(26)20(27)13-17/h7-10,12-13,21H,4-6,11,14H2,1-3H3,(H,28,32). The maximum atomic E-state index is 13.7. The second-order valence-electron chi connectivity index (χ2n) is 7.83. The van der Waals surface area contributed by atoms with Gasteiger partial charge in [0.15, 0.2) is 11.6 Å². The van der Waals surface area contributed by atoms with Crippen LogP contribution in [-0.2, 0) is 26.2 Å². The van der Waals surface area contributed by atoms with E-state index in [4.69, 9.17) is 23.2 Å². The average Bonchev–Trinajstić information content (AvgIpc) is 2.78. The highest BCUT2D eigenvalue weighted by molar-refractivity contribution is 7.92. The molecule has 0 aliphatic rings. The minimum atomic E-state index is -3.84. The van der Waals surface area contributed by atoms with Crippen molar-refractivity contribution in [1.82, 2.24) is 10.2 Å². The van der Waals surface area contributed by atoms with Gasteiger partial charge in [0.1, 0.15) is 6.04 Å². The molecule has 0 fully saturated rings. The average molecular weight is 550 g/mol. The first-order chi connectivity index (χ1) is 16.4. The van der Waals surface area contributed by atoms with E-state index in [0.29, 0.717) is 22.0 Å². The van der Waals surface area contributed by atoms with Crippen LogP contribution in [0.25, 0.3) is 0 Å². The van der Waals surface area contributed by atoms with Crippen molar-refractivity contribution in [2.75, 3.05) is 24.2 Å². The zero-order valence-electron chi connectivity index (χ0n) is 19.5. The minimum Gasteiger partial charge on any atom is -0.357 e. The molecule has 0 aliphatic heterocycles. The normalized spacial score (nSPS) is 12.2. The van der Waals surface area contributed by atoms with Gasteiger partial charge in [0.2, 0.25) is 21.8 Å². The van der Waals surface area contributed by atoms with Crippen LogP contribution in [0.4, 0.5) is 14.5 Å². The third-order valence-electron chi connectivity index (χ3n) is 5.33. The largest absolute Gasteiger partial charge is 0.357 e. The van der Waals surface area contributed by atoms with Crippen LogP contribution >= 0.6 is 23.2 Å². The third kappa shape index (κ3) is 7.78. The van der Waals surface area contributed by atoms with Gasteiger partial charge in [-0.15, -0.1) is 0 Å². The molecule has 2 rings (SSSR count). The molecule has 1 N–H and O–H groups in total. The zero-order valence-corrected chi connectivity index (χ0v) is 21.9. The summed E-state index contributed by atoms with van der Waals surface area (Å²) in [4.78, 5) is 27.1. The molecule has 7 nitrogen and oxygen atoms in total. The molecule has 0 spiro atoms. The molecule has 0 aromatic heterocycles. The number of carbonyl (C=O) groups is 2. The predicted octanol–water partition coefficient (Wildman–Crippen LogP) is 4.37. The van der Waals surface area contributed by atoms with E-state index in [1.54, 1.807) is 19.1 Å². The van der Waals surface area contributed by atoms with E-state index >= 15 is 0 Å². The van der Waals surface area contributed by atoms with E-state index in [-0.39, 0.29) is 37.5 Å². The van der Waals surface area contributed by atoms with Gasteiger partial charge < -0.3 is 10.2 Å². The first-order valence-corrected chi connectivity index (χ1v) is 13.4. The number of hydrogen-bond donors (Lipinski definition) is 1. The summed E-state index contributed by atoms with van der Waals surface area (Å²) < 4.78 is 52.4. The van der Waals surface area contributed by atoms with Gasteiger partial charge in [0, 0.05) is 42.7 Å². The lowest BCUT2D eigenvalue weighted by atomic mass is 10.1. The first-order valence-electron chi connectivity index (χ1n) is 10.8. The quantitative estimate of drug-likeness (QED) is 0.450. The lowest BCUT2D eigenvalue weighted by Gasteiger charge is -2.31. The number of rotatable bonds is 11. The van der Waals surface area contributed by atoms with Gasteiger partial charge in [-0.25, -0.2) is 17.2 Å². The lowest BCUT2D eigenvalue weighted by molar-refractivity contribution is -0.141. The summed E-state index contributed by atoms with van der Waals surface area (Å²) in [5.74, 6) is -3.04. The molecule has 1 atom stereocenters. The highest BCUT2D eigenvalue weighted by atomic mass is 35.5. The fourth-order valence-electron chi connectivity index (χ4n) is 3.56. The van der Waals surface area contributed by atoms with Crippen LogP contribution in [0.2, 0.25) is 10.0 Å². The molecule has 2 aromatic carbocycles. The summed E-state index contributed by atoms with van der Waals surface area (Å²) in [5.41, 5.74) is 0.534. The second-order valence-corrected chi connectivity index (χ2v) is 10.6. The molecule has 1 unspecified atom stereocenters. The van der Waals surface area contributed by atoms with Crippen molar-refractivity contribution in [2.45, 2.75) is 38.8 Å². The number of benzene rings is 2. The van der Waals surface area contributed by atoms with E-state index in [2.05, 4.69) is 5.32 Å². The van der Waals surface area contributed by atoms with Crippen LogP contribution in [0.15, 0.2) is 36.4 Å². The Morgan fingerprint density at radius 3 is 2.31 bits per heavy atom. The topological polar surface area (TPSA) is 86.8 Å². The molecule has 0 saturated carbocycles. The minimum absolute atomic E-state index is 0.0414. The Hall–Kier alpha value is -2.43. The van der Waals surface area contributed by atoms with Gasteiger partial charge in [-0.05, 0) is 42.7 Å². The van der Waals surface area contributed by atoms with Crippen molar-refractivity contribution in [3.8, 4) is 0 Å². The van der Waals surface area contributed by atoms with Gasteiger partial charge in [-0.1, -0.05) is 36.2 Å². The summed E-state index contributed by atoms with van der Waals surface area (Å²) in [6.07, 6.45) is 1.24. The lowest BCUT2D eigenvalue weighted by Crippen LogP contribution is -2.48.